The number of nitro groups is 1. The molecule has 0 saturated heterocycles. The van der Waals surface area contributed by atoms with Crippen LogP contribution in [0.1, 0.15) is 5.56 Å². The van der Waals surface area contributed by atoms with Crippen molar-refractivity contribution in [2.24, 2.45) is 0 Å². The molecule has 12 heavy (non-hydrogen) atoms. The zero-order valence-electron chi connectivity index (χ0n) is 5.96. The van der Waals surface area contributed by atoms with E-state index in [9.17, 15) is 10.1 Å². The van der Waals surface area contributed by atoms with Crippen LogP contribution in [0.3, 0.4) is 0 Å². The van der Waals surface area contributed by atoms with Crippen molar-refractivity contribution in [3.63, 3.8) is 0 Å². The third-order valence-corrected chi connectivity index (χ3v) is 2.49. The highest BCUT2D eigenvalue weighted by Gasteiger charge is 2.11. The minimum absolute atomic E-state index is 0.140. The summed E-state index contributed by atoms with van der Waals surface area (Å²) in [6.45, 7) is 0. The van der Waals surface area contributed by atoms with Gasteiger partial charge in [-0.05, 0) is 6.07 Å². The van der Waals surface area contributed by atoms with Gasteiger partial charge in [0.1, 0.15) is 0 Å². The predicted molar refractivity (Wildman–Crippen MR) is 53.4 cm³/mol. The fraction of sp³-hybridized carbons (Fsp3) is 0.143. The van der Waals surface area contributed by atoms with Gasteiger partial charge in [0.25, 0.3) is 5.69 Å². The van der Waals surface area contributed by atoms with Crippen molar-refractivity contribution in [3.8, 4) is 0 Å². The quantitative estimate of drug-likeness (QED) is 0.477. The second kappa shape index (κ2) is 4.00. The summed E-state index contributed by atoms with van der Waals surface area (Å²) in [5.41, 5.74) is 0.824. The monoisotopic (exact) mass is 293 g/mol. The molecule has 0 atom stereocenters. The Labute approximate surface area is 86.2 Å². The van der Waals surface area contributed by atoms with E-state index in [1.54, 1.807) is 12.1 Å². The molecule has 5 heteroatoms. The van der Waals surface area contributed by atoms with Crippen molar-refractivity contribution in [2.75, 3.05) is 0 Å². The predicted octanol–water partition coefficient (Wildman–Crippen LogP) is 3.25. The molecule has 0 bridgehead atoms. The van der Waals surface area contributed by atoms with E-state index >= 15 is 0 Å². The number of hydrogen-bond donors (Lipinski definition) is 0. The largest absolute Gasteiger partial charge is 0.274 e. The Kier molecular flexibility index (Phi) is 3.22. The second-order valence-corrected chi connectivity index (χ2v) is 3.64. The van der Waals surface area contributed by atoms with E-state index in [2.05, 4.69) is 31.9 Å². The number of benzene rings is 1. The van der Waals surface area contributed by atoms with E-state index in [1.165, 1.54) is 6.07 Å². The summed E-state index contributed by atoms with van der Waals surface area (Å²) in [6.07, 6.45) is 0. The van der Waals surface area contributed by atoms with Crippen molar-refractivity contribution >= 4 is 37.5 Å². The second-order valence-electron chi connectivity index (χ2n) is 2.16. The van der Waals surface area contributed by atoms with Crippen LogP contribution in [0.4, 0.5) is 5.69 Å². The highest BCUT2D eigenvalue weighted by molar-refractivity contribution is 9.10. The van der Waals surface area contributed by atoms with Crippen LogP contribution in [0.15, 0.2) is 22.7 Å². The third-order valence-electron chi connectivity index (χ3n) is 1.39. The van der Waals surface area contributed by atoms with Gasteiger partial charge in [-0.2, -0.15) is 0 Å². The molecular weight excluding hydrogens is 290 g/mol. The zero-order valence-corrected chi connectivity index (χ0v) is 9.13. The molecule has 0 radical (unpaired) electrons. The zero-order chi connectivity index (χ0) is 9.14. The summed E-state index contributed by atoms with van der Waals surface area (Å²) in [6, 6.07) is 5.00. The van der Waals surface area contributed by atoms with Gasteiger partial charge in [0, 0.05) is 21.4 Å². The first-order valence-corrected chi connectivity index (χ1v) is 5.05. The van der Waals surface area contributed by atoms with Gasteiger partial charge in [-0.15, -0.1) is 0 Å². The van der Waals surface area contributed by atoms with Crippen LogP contribution in [0, 0.1) is 10.1 Å². The van der Waals surface area contributed by atoms with E-state index in [1.807, 2.05) is 0 Å². The number of nitro benzene ring substituents is 1. The molecule has 0 aliphatic rings. The fourth-order valence-electron chi connectivity index (χ4n) is 0.820. The maximum atomic E-state index is 10.5. The number of rotatable bonds is 2. The molecule has 64 valence electrons. The Hall–Kier alpha value is -0.420. The van der Waals surface area contributed by atoms with Gasteiger partial charge in [-0.1, -0.05) is 37.9 Å². The summed E-state index contributed by atoms with van der Waals surface area (Å²) in [5.74, 6) is 0. The molecule has 0 heterocycles. The van der Waals surface area contributed by atoms with Gasteiger partial charge < -0.3 is 0 Å². The van der Waals surface area contributed by atoms with Gasteiger partial charge in [-0.3, -0.25) is 10.1 Å². The van der Waals surface area contributed by atoms with Crippen LogP contribution in [0.25, 0.3) is 0 Å². The molecule has 0 aliphatic heterocycles. The molecule has 0 aliphatic carbocycles. The summed E-state index contributed by atoms with van der Waals surface area (Å²) in [7, 11) is 0. The third kappa shape index (κ3) is 2.04. The molecule has 0 amide bonds. The Bertz CT molecular complexity index is 314. The van der Waals surface area contributed by atoms with Crippen LogP contribution in [-0.2, 0) is 5.33 Å². The van der Waals surface area contributed by atoms with Gasteiger partial charge in [-0.25, -0.2) is 0 Å². The Balaban J connectivity index is 3.21. The smallest absolute Gasteiger partial charge is 0.258 e. The number of nitrogens with zero attached hydrogens (tertiary/aromatic N) is 1. The lowest BCUT2D eigenvalue weighted by Gasteiger charge is -1.98. The lowest BCUT2D eigenvalue weighted by atomic mass is 10.2. The molecule has 1 aromatic carbocycles. The van der Waals surface area contributed by atoms with E-state index < -0.39 is 0 Å². The Morgan fingerprint density at radius 3 is 2.67 bits per heavy atom. The van der Waals surface area contributed by atoms with Crippen molar-refractivity contribution in [3.05, 3.63) is 38.3 Å². The fourth-order valence-corrected chi connectivity index (χ4v) is 1.64. The molecule has 0 saturated carbocycles. The van der Waals surface area contributed by atoms with Crippen molar-refractivity contribution in [2.45, 2.75) is 5.33 Å². The van der Waals surface area contributed by atoms with Crippen molar-refractivity contribution < 1.29 is 4.92 Å². The first kappa shape index (κ1) is 9.67. The highest BCUT2D eigenvalue weighted by Crippen LogP contribution is 2.24. The van der Waals surface area contributed by atoms with Gasteiger partial charge in [0.05, 0.1) is 4.92 Å². The lowest BCUT2D eigenvalue weighted by Crippen LogP contribution is -1.92. The average molecular weight is 295 g/mol. The minimum atomic E-state index is -0.388. The van der Waals surface area contributed by atoms with Gasteiger partial charge in [0.2, 0.25) is 0 Å². The maximum Gasteiger partial charge on any atom is 0.274 e. The molecule has 0 fully saturated rings. The molecule has 0 spiro atoms. The average Bonchev–Trinajstić information content (AvgIpc) is 2.04. The standard InChI is InChI=1S/C7H5Br2NO2/c8-4-5-1-2-6(9)3-7(5)10(11)12/h1-3H,4H2. The molecule has 1 rings (SSSR count). The van der Waals surface area contributed by atoms with Crippen LogP contribution < -0.4 is 0 Å². The molecule has 0 N–H and O–H groups in total. The molecule has 0 unspecified atom stereocenters. The Morgan fingerprint density at radius 2 is 2.17 bits per heavy atom. The summed E-state index contributed by atoms with van der Waals surface area (Å²) in [5, 5.41) is 11.0. The Morgan fingerprint density at radius 1 is 1.50 bits per heavy atom. The maximum absolute atomic E-state index is 10.5. The normalized spacial score (nSPS) is 9.83. The molecule has 3 nitrogen and oxygen atoms in total. The molecular formula is C7H5Br2NO2. The lowest BCUT2D eigenvalue weighted by molar-refractivity contribution is -0.385. The van der Waals surface area contributed by atoms with Crippen LogP contribution in [0.2, 0.25) is 0 Å². The number of hydrogen-bond acceptors (Lipinski definition) is 2. The van der Waals surface area contributed by atoms with Crippen molar-refractivity contribution in [1.82, 2.24) is 0 Å². The number of alkyl halides is 1. The SMILES string of the molecule is O=[N+]([O-])c1cc(Br)ccc1CBr. The summed E-state index contributed by atoms with van der Waals surface area (Å²) < 4.78 is 0.721. The van der Waals surface area contributed by atoms with Crippen LogP contribution in [0.5, 0.6) is 0 Å². The molecule has 1 aromatic rings. The van der Waals surface area contributed by atoms with E-state index in [0.717, 1.165) is 4.47 Å². The van der Waals surface area contributed by atoms with Gasteiger partial charge >= 0.3 is 0 Å². The van der Waals surface area contributed by atoms with Crippen molar-refractivity contribution in [1.29, 1.82) is 0 Å². The summed E-state index contributed by atoms with van der Waals surface area (Å²) >= 11 is 6.36. The highest BCUT2D eigenvalue weighted by atomic mass is 79.9. The van der Waals surface area contributed by atoms with E-state index in [0.29, 0.717) is 10.9 Å². The topological polar surface area (TPSA) is 43.1 Å². The van der Waals surface area contributed by atoms with Crippen LogP contribution in [-0.4, -0.2) is 4.92 Å². The molecule has 0 aromatic heterocycles. The van der Waals surface area contributed by atoms with E-state index in [-0.39, 0.29) is 10.6 Å². The number of halogens is 2. The summed E-state index contributed by atoms with van der Waals surface area (Å²) in [4.78, 5) is 10.1. The van der Waals surface area contributed by atoms with Crippen LogP contribution >= 0.6 is 31.9 Å². The first-order valence-electron chi connectivity index (χ1n) is 3.14. The minimum Gasteiger partial charge on any atom is -0.258 e. The van der Waals surface area contributed by atoms with Gasteiger partial charge in [0.15, 0.2) is 0 Å². The first-order chi connectivity index (χ1) is 5.65. The van der Waals surface area contributed by atoms with E-state index in [4.69, 9.17) is 0 Å².